The fourth-order valence-electron chi connectivity index (χ4n) is 1.88. The maximum atomic E-state index is 12.5. The van der Waals surface area contributed by atoms with Crippen LogP contribution in [0.1, 0.15) is 40.3 Å². The Morgan fingerprint density at radius 1 is 1.43 bits per heavy atom. The Kier molecular flexibility index (Phi) is 4.13. The van der Waals surface area contributed by atoms with Gasteiger partial charge >= 0.3 is 0 Å². The molecule has 7 heteroatoms. The average molecular weight is 308 g/mol. The molecule has 0 spiro atoms. The summed E-state index contributed by atoms with van der Waals surface area (Å²) in [5, 5.41) is 11.0. The standard InChI is InChI=1S/C14H20N4O2S/c1-8(2)7-18-12(19)9(11-15-16-13(21)20-11)6-10(17-18)14(3,4)5/h6,8H,7H2,1-5H3,(H,16,21). The van der Waals surface area contributed by atoms with E-state index in [0.29, 0.717) is 18.0 Å². The molecule has 0 aliphatic rings. The van der Waals surface area contributed by atoms with Crippen molar-refractivity contribution in [3.05, 3.63) is 27.0 Å². The van der Waals surface area contributed by atoms with Crippen LogP contribution in [0.3, 0.4) is 0 Å². The molecule has 0 aromatic carbocycles. The maximum absolute atomic E-state index is 12.5. The van der Waals surface area contributed by atoms with E-state index in [-0.39, 0.29) is 21.7 Å². The Bertz CT molecular complexity index is 749. The molecule has 0 saturated carbocycles. The monoisotopic (exact) mass is 308 g/mol. The first kappa shape index (κ1) is 15.6. The molecule has 0 unspecified atom stereocenters. The number of nitrogens with zero attached hydrogens (tertiary/aromatic N) is 3. The number of nitrogens with one attached hydrogen (secondary N) is 1. The minimum Gasteiger partial charge on any atom is -0.409 e. The summed E-state index contributed by atoms with van der Waals surface area (Å²) in [6.07, 6.45) is 0. The topological polar surface area (TPSA) is 76.7 Å². The Labute approximate surface area is 128 Å². The van der Waals surface area contributed by atoms with Gasteiger partial charge in [-0.05, 0) is 24.2 Å². The lowest BCUT2D eigenvalue weighted by atomic mass is 9.91. The van der Waals surface area contributed by atoms with Crippen LogP contribution in [-0.2, 0) is 12.0 Å². The van der Waals surface area contributed by atoms with Gasteiger partial charge in [0.1, 0.15) is 5.56 Å². The summed E-state index contributed by atoms with van der Waals surface area (Å²) in [7, 11) is 0. The van der Waals surface area contributed by atoms with Crippen molar-refractivity contribution in [1.82, 2.24) is 20.0 Å². The van der Waals surface area contributed by atoms with Crippen molar-refractivity contribution in [2.45, 2.75) is 46.6 Å². The van der Waals surface area contributed by atoms with E-state index in [9.17, 15) is 4.79 Å². The van der Waals surface area contributed by atoms with Crippen molar-refractivity contribution < 1.29 is 4.42 Å². The molecule has 21 heavy (non-hydrogen) atoms. The zero-order valence-corrected chi connectivity index (χ0v) is 13.7. The largest absolute Gasteiger partial charge is 0.409 e. The van der Waals surface area contributed by atoms with Crippen molar-refractivity contribution in [3.8, 4) is 11.5 Å². The van der Waals surface area contributed by atoms with Gasteiger partial charge in [0.15, 0.2) is 0 Å². The van der Waals surface area contributed by atoms with Gasteiger partial charge in [0.05, 0.1) is 5.69 Å². The van der Waals surface area contributed by atoms with Gasteiger partial charge < -0.3 is 4.42 Å². The van der Waals surface area contributed by atoms with Gasteiger partial charge in [0, 0.05) is 12.0 Å². The van der Waals surface area contributed by atoms with Crippen LogP contribution in [0.25, 0.3) is 11.5 Å². The van der Waals surface area contributed by atoms with Crippen LogP contribution < -0.4 is 5.56 Å². The lowest BCUT2D eigenvalue weighted by Gasteiger charge is -2.20. The molecule has 0 fully saturated rings. The minimum atomic E-state index is -0.220. The van der Waals surface area contributed by atoms with Crippen LogP contribution in [0.2, 0.25) is 0 Å². The maximum Gasteiger partial charge on any atom is 0.284 e. The fourth-order valence-corrected chi connectivity index (χ4v) is 2.00. The highest BCUT2D eigenvalue weighted by atomic mass is 32.1. The molecule has 1 N–H and O–H groups in total. The molecular formula is C14H20N4O2S. The quantitative estimate of drug-likeness (QED) is 0.882. The van der Waals surface area contributed by atoms with Crippen LogP contribution in [0, 0.1) is 10.8 Å². The number of H-pyrrole nitrogens is 1. The van der Waals surface area contributed by atoms with Gasteiger partial charge in [-0.15, -0.1) is 5.10 Å². The van der Waals surface area contributed by atoms with Crippen LogP contribution in [0.4, 0.5) is 0 Å². The first-order chi connectivity index (χ1) is 9.68. The van der Waals surface area contributed by atoms with Gasteiger partial charge in [-0.3, -0.25) is 4.79 Å². The lowest BCUT2D eigenvalue weighted by molar-refractivity contribution is 0.438. The molecule has 0 radical (unpaired) electrons. The second-order valence-electron chi connectivity index (χ2n) is 6.49. The zero-order chi connectivity index (χ0) is 15.8. The van der Waals surface area contributed by atoms with E-state index in [4.69, 9.17) is 16.6 Å². The molecule has 0 aliphatic carbocycles. The number of hydrogen-bond acceptors (Lipinski definition) is 5. The van der Waals surface area contributed by atoms with Crippen molar-refractivity contribution >= 4 is 12.2 Å². The second kappa shape index (κ2) is 5.55. The Morgan fingerprint density at radius 3 is 2.57 bits per heavy atom. The van der Waals surface area contributed by atoms with E-state index in [0.717, 1.165) is 5.69 Å². The summed E-state index contributed by atoms with van der Waals surface area (Å²) in [6, 6.07) is 1.73. The van der Waals surface area contributed by atoms with E-state index in [1.54, 1.807) is 6.07 Å². The molecule has 6 nitrogen and oxygen atoms in total. The third-order valence-corrected chi connectivity index (χ3v) is 3.12. The fraction of sp³-hybridized carbons (Fsp3) is 0.571. The summed E-state index contributed by atoms with van der Waals surface area (Å²) >= 11 is 4.88. The normalized spacial score (nSPS) is 12.1. The molecule has 2 aromatic rings. The lowest BCUT2D eigenvalue weighted by Crippen LogP contribution is -2.30. The number of aromatic nitrogens is 4. The van der Waals surface area contributed by atoms with E-state index >= 15 is 0 Å². The number of aromatic amines is 1. The summed E-state index contributed by atoms with van der Waals surface area (Å²) in [5.74, 6) is 0.513. The molecular weight excluding hydrogens is 288 g/mol. The molecule has 0 atom stereocenters. The molecule has 2 aromatic heterocycles. The predicted molar refractivity (Wildman–Crippen MR) is 82.7 cm³/mol. The van der Waals surface area contributed by atoms with Crippen molar-refractivity contribution in [2.75, 3.05) is 0 Å². The van der Waals surface area contributed by atoms with Crippen LogP contribution in [0.15, 0.2) is 15.3 Å². The van der Waals surface area contributed by atoms with Gasteiger partial charge in [-0.25, -0.2) is 9.78 Å². The summed E-state index contributed by atoms with van der Waals surface area (Å²) < 4.78 is 6.77. The van der Waals surface area contributed by atoms with Gasteiger partial charge in [0.25, 0.3) is 16.3 Å². The summed E-state index contributed by atoms with van der Waals surface area (Å²) in [6.45, 7) is 10.8. The van der Waals surface area contributed by atoms with Gasteiger partial charge in [-0.1, -0.05) is 34.6 Å². The highest BCUT2D eigenvalue weighted by Crippen LogP contribution is 2.23. The third-order valence-electron chi connectivity index (χ3n) is 2.95. The molecule has 2 heterocycles. The zero-order valence-electron chi connectivity index (χ0n) is 12.9. The predicted octanol–water partition coefficient (Wildman–Crippen LogP) is 2.91. The average Bonchev–Trinajstić information content (AvgIpc) is 2.76. The van der Waals surface area contributed by atoms with E-state index < -0.39 is 0 Å². The molecule has 0 aliphatic heterocycles. The van der Waals surface area contributed by atoms with Crippen molar-refractivity contribution in [1.29, 1.82) is 0 Å². The molecule has 114 valence electrons. The number of rotatable bonds is 3. The summed E-state index contributed by atoms with van der Waals surface area (Å²) in [4.78, 5) is 12.7. The first-order valence-electron chi connectivity index (χ1n) is 6.87. The van der Waals surface area contributed by atoms with Crippen molar-refractivity contribution in [2.24, 2.45) is 5.92 Å². The van der Waals surface area contributed by atoms with Crippen LogP contribution in [0.5, 0.6) is 0 Å². The smallest absolute Gasteiger partial charge is 0.284 e. The van der Waals surface area contributed by atoms with E-state index in [1.165, 1.54) is 4.68 Å². The third kappa shape index (κ3) is 3.47. The Morgan fingerprint density at radius 2 is 2.10 bits per heavy atom. The van der Waals surface area contributed by atoms with Gasteiger partial charge in [-0.2, -0.15) is 5.10 Å². The minimum absolute atomic E-state index is 0.147. The highest BCUT2D eigenvalue weighted by Gasteiger charge is 2.22. The second-order valence-corrected chi connectivity index (χ2v) is 6.86. The van der Waals surface area contributed by atoms with E-state index in [1.807, 2.05) is 34.6 Å². The molecule has 0 bridgehead atoms. The van der Waals surface area contributed by atoms with Crippen LogP contribution >= 0.6 is 12.2 Å². The Hall–Kier alpha value is -1.76. The number of hydrogen-bond donors (Lipinski definition) is 1. The highest BCUT2D eigenvalue weighted by molar-refractivity contribution is 7.71. The van der Waals surface area contributed by atoms with Crippen molar-refractivity contribution in [3.63, 3.8) is 0 Å². The molecule has 0 saturated heterocycles. The van der Waals surface area contributed by atoms with Gasteiger partial charge in [0.2, 0.25) is 0 Å². The first-order valence-corrected chi connectivity index (χ1v) is 7.28. The van der Waals surface area contributed by atoms with E-state index in [2.05, 4.69) is 15.3 Å². The van der Waals surface area contributed by atoms with Crippen LogP contribution in [-0.4, -0.2) is 20.0 Å². The summed E-state index contributed by atoms with van der Waals surface area (Å²) in [5.41, 5.74) is 0.778. The Balaban J connectivity index is 2.68. The SMILES string of the molecule is CC(C)Cn1nc(C(C)(C)C)cc(-c2n[nH]c(=S)o2)c1=O. The molecule has 2 rings (SSSR count). The molecule has 0 amide bonds.